The molecule has 3 N–H and O–H groups in total. The quantitative estimate of drug-likeness (QED) is 0.816. The molecular weight excluding hydrogens is 270 g/mol. The van der Waals surface area contributed by atoms with Crippen LogP contribution in [0, 0.1) is 0 Å². The van der Waals surface area contributed by atoms with E-state index in [1.165, 1.54) is 0 Å². The maximum atomic E-state index is 12.6. The predicted molar refractivity (Wildman–Crippen MR) is 78.8 cm³/mol. The van der Waals surface area contributed by atoms with Gasteiger partial charge in [0.15, 0.2) is 5.76 Å². The highest BCUT2D eigenvalue weighted by atomic mass is 16.3. The number of nitrogens with two attached hydrogens (primary N) is 1. The van der Waals surface area contributed by atoms with E-state index in [4.69, 9.17) is 10.2 Å². The average molecular weight is 287 g/mol. The van der Waals surface area contributed by atoms with Crippen molar-refractivity contribution in [3.8, 4) is 0 Å². The first-order chi connectivity index (χ1) is 10.1. The average Bonchev–Trinajstić information content (AvgIpc) is 2.89. The number of benzene rings is 1. The zero-order valence-electron chi connectivity index (χ0n) is 11.8. The first-order valence-corrected chi connectivity index (χ1v) is 6.98. The molecule has 1 aromatic heterocycles. The molecule has 1 aliphatic heterocycles. The van der Waals surface area contributed by atoms with Crippen LogP contribution in [-0.2, 0) is 4.79 Å². The number of carbonyl (C=O) groups excluding carboxylic acids is 2. The summed E-state index contributed by atoms with van der Waals surface area (Å²) >= 11 is 0. The summed E-state index contributed by atoms with van der Waals surface area (Å²) in [7, 11) is 0. The molecule has 1 aliphatic rings. The minimum atomic E-state index is -0.440. The number of hydrogen-bond donors (Lipinski definition) is 2. The summed E-state index contributed by atoms with van der Waals surface area (Å²) in [5.41, 5.74) is 6.95. The van der Waals surface area contributed by atoms with Crippen molar-refractivity contribution in [1.29, 1.82) is 0 Å². The standard InChI is InChI=1S/C15H17N3O3/c1-2-11-14(19)17-5-6-18(11)15(20)13-8-9-7-10(16)3-4-12(9)21-13/h3-4,7-8,11H,2,5-6,16H2,1H3,(H,17,19). The van der Waals surface area contributed by atoms with Gasteiger partial charge in [-0.05, 0) is 30.7 Å². The highest BCUT2D eigenvalue weighted by Gasteiger charge is 2.33. The second-order valence-corrected chi connectivity index (χ2v) is 5.12. The molecule has 6 heteroatoms. The van der Waals surface area contributed by atoms with E-state index in [0.29, 0.717) is 30.8 Å². The van der Waals surface area contributed by atoms with Crippen LogP contribution in [0.5, 0.6) is 0 Å². The van der Waals surface area contributed by atoms with Gasteiger partial charge in [-0.25, -0.2) is 0 Å². The summed E-state index contributed by atoms with van der Waals surface area (Å²) in [5, 5.41) is 3.56. The van der Waals surface area contributed by atoms with Crippen molar-refractivity contribution < 1.29 is 14.0 Å². The van der Waals surface area contributed by atoms with Gasteiger partial charge in [0.25, 0.3) is 5.91 Å². The third-order valence-corrected chi connectivity index (χ3v) is 3.73. The van der Waals surface area contributed by atoms with E-state index in [9.17, 15) is 9.59 Å². The third kappa shape index (κ3) is 2.33. The van der Waals surface area contributed by atoms with E-state index < -0.39 is 6.04 Å². The maximum Gasteiger partial charge on any atom is 0.290 e. The van der Waals surface area contributed by atoms with E-state index in [0.717, 1.165) is 5.39 Å². The monoisotopic (exact) mass is 287 g/mol. The molecule has 0 saturated carbocycles. The van der Waals surface area contributed by atoms with Crippen molar-refractivity contribution in [3.05, 3.63) is 30.0 Å². The first-order valence-electron chi connectivity index (χ1n) is 6.98. The van der Waals surface area contributed by atoms with E-state index in [2.05, 4.69) is 5.32 Å². The zero-order chi connectivity index (χ0) is 15.0. The summed E-state index contributed by atoms with van der Waals surface area (Å²) in [6.07, 6.45) is 0.574. The lowest BCUT2D eigenvalue weighted by Gasteiger charge is -2.33. The fourth-order valence-electron chi connectivity index (χ4n) is 2.67. The summed E-state index contributed by atoms with van der Waals surface area (Å²) in [4.78, 5) is 26.0. The van der Waals surface area contributed by atoms with Crippen molar-refractivity contribution in [2.45, 2.75) is 19.4 Å². The van der Waals surface area contributed by atoms with Gasteiger partial charge < -0.3 is 20.4 Å². The summed E-state index contributed by atoms with van der Waals surface area (Å²) in [6, 6.07) is 6.46. The van der Waals surface area contributed by atoms with Gasteiger partial charge in [-0.1, -0.05) is 6.92 Å². The van der Waals surface area contributed by atoms with Crippen LogP contribution in [0.2, 0.25) is 0 Å². The molecule has 2 amide bonds. The fourth-order valence-corrected chi connectivity index (χ4v) is 2.67. The molecule has 1 saturated heterocycles. The van der Waals surface area contributed by atoms with Gasteiger partial charge >= 0.3 is 0 Å². The highest BCUT2D eigenvalue weighted by Crippen LogP contribution is 2.24. The predicted octanol–water partition coefficient (Wildman–Crippen LogP) is 1.37. The van der Waals surface area contributed by atoms with Crippen LogP contribution in [-0.4, -0.2) is 35.8 Å². The van der Waals surface area contributed by atoms with Gasteiger partial charge in [-0.3, -0.25) is 9.59 Å². The molecule has 1 atom stereocenters. The number of carbonyl (C=O) groups is 2. The number of amides is 2. The van der Waals surface area contributed by atoms with Gasteiger partial charge in [0.2, 0.25) is 5.91 Å². The molecule has 1 fully saturated rings. The number of fused-ring (bicyclic) bond motifs is 1. The molecular formula is C15H17N3O3. The Hall–Kier alpha value is -2.50. The molecule has 21 heavy (non-hydrogen) atoms. The van der Waals surface area contributed by atoms with Gasteiger partial charge in [-0.2, -0.15) is 0 Å². The van der Waals surface area contributed by atoms with Gasteiger partial charge in [-0.15, -0.1) is 0 Å². The van der Waals surface area contributed by atoms with Crippen molar-refractivity contribution in [2.24, 2.45) is 0 Å². The van der Waals surface area contributed by atoms with E-state index in [1.54, 1.807) is 29.2 Å². The van der Waals surface area contributed by atoms with Crippen molar-refractivity contribution >= 4 is 28.5 Å². The zero-order valence-corrected chi connectivity index (χ0v) is 11.8. The van der Waals surface area contributed by atoms with Crippen LogP contribution in [0.15, 0.2) is 28.7 Å². The normalized spacial score (nSPS) is 18.8. The smallest absolute Gasteiger partial charge is 0.290 e. The number of nitrogens with zero attached hydrogens (tertiary/aromatic N) is 1. The largest absolute Gasteiger partial charge is 0.451 e. The number of hydrogen-bond acceptors (Lipinski definition) is 4. The lowest BCUT2D eigenvalue weighted by Crippen LogP contribution is -2.56. The Morgan fingerprint density at radius 3 is 3.05 bits per heavy atom. The van der Waals surface area contributed by atoms with Gasteiger partial charge in [0, 0.05) is 24.2 Å². The number of nitrogen functional groups attached to an aromatic ring is 1. The van der Waals surface area contributed by atoms with Crippen molar-refractivity contribution in [2.75, 3.05) is 18.8 Å². The fraction of sp³-hybridized carbons (Fsp3) is 0.333. The molecule has 1 aromatic carbocycles. The molecule has 3 rings (SSSR count). The summed E-state index contributed by atoms with van der Waals surface area (Å²) < 4.78 is 5.59. The molecule has 0 aliphatic carbocycles. The highest BCUT2D eigenvalue weighted by molar-refractivity contribution is 5.99. The van der Waals surface area contributed by atoms with Crippen LogP contribution < -0.4 is 11.1 Å². The molecule has 6 nitrogen and oxygen atoms in total. The molecule has 2 heterocycles. The number of nitrogens with one attached hydrogen (secondary N) is 1. The van der Waals surface area contributed by atoms with Crippen LogP contribution >= 0.6 is 0 Å². The lowest BCUT2D eigenvalue weighted by molar-refractivity contribution is -0.127. The summed E-state index contributed by atoms with van der Waals surface area (Å²) in [6.45, 7) is 2.84. The Labute approximate surface area is 121 Å². The topological polar surface area (TPSA) is 88.6 Å². The van der Waals surface area contributed by atoms with Crippen LogP contribution in [0.25, 0.3) is 11.0 Å². The van der Waals surface area contributed by atoms with Gasteiger partial charge in [0.1, 0.15) is 11.6 Å². The van der Waals surface area contributed by atoms with E-state index in [1.807, 2.05) is 6.92 Å². The van der Waals surface area contributed by atoms with E-state index >= 15 is 0 Å². The molecule has 0 spiro atoms. The Morgan fingerprint density at radius 1 is 1.48 bits per heavy atom. The third-order valence-electron chi connectivity index (χ3n) is 3.73. The SMILES string of the molecule is CCC1C(=O)NCCN1C(=O)c1cc2cc(N)ccc2o1. The Bertz CT molecular complexity index is 707. The lowest BCUT2D eigenvalue weighted by atomic mass is 10.1. The minimum absolute atomic E-state index is 0.113. The Balaban J connectivity index is 1.93. The van der Waals surface area contributed by atoms with Crippen LogP contribution in [0.1, 0.15) is 23.9 Å². The second-order valence-electron chi connectivity index (χ2n) is 5.12. The van der Waals surface area contributed by atoms with Crippen LogP contribution in [0.3, 0.4) is 0 Å². The molecule has 1 unspecified atom stereocenters. The van der Waals surface area contributed by atoms with Crippen molar-refractivity contribution in [1.82, 2.24) is 10.2 Å². The molecule has 0 bridgehead atoms. The number of rotatable bonds is 2. The van der Waals surface area contributed by atoms with Crippen molar-refractivity contribution in [3.63, 3.8) is 0 Å². The van der Waals surface area contributed by atoms with Gasteiger partial charge in [0.05, 0.1) is 0 Å². The Kier molecular flexibility index (Phi) is 3.29. The molecule has 2 aromatic rings. The van der Waals surface area contributed by atoms with E-state index in [-0.39, 0.29) is 17.6 Å². The molecule has 110 valence electrons. The number of piperazine rings is 1. The van der Waals surface area contributed by atoms with Crippen LogP contribution in [0.4, 0.5) is 5.69 Å². The first kappa shape index (κ1) is 13.5. The summed E-state index contributed by atoms with van der Waals surface area (Å²) in [5.74, 6) is -0.132. The molecule has 0 radical (unpaired) electrons. The maximum absolute atomic E-state index is 12.6. The minimum Gasteiger partial charge on any atom is -0.451 e. The number of anilines is 1. The second kappa shape index (κ2) is 5.12. The number of furan rings is 1. The Morgan fingerprint density at radius 2 is 2.29 bits per heavy atom.